The lowest BCUT2D eigenvalue weighted by Gasteiger charge is -2.29. The Kier molecular flexibility index (Phi) is 6.41. The highest BCUT2D eigenvalue weighted by Gasteiger charge is 2.32. The van der Waals surface area contributed by atoms with Gasteiger partial charge in [-0.1, -0.05) is 11.6 Å². The fourth-order valence-electron chi connectivity index (χ4n) is 3.69. The Morgan fingerprint density at radius 3 is 2.59 bits per heavy atom. The van der Waals surface area contributed by atoms with Crippen molar-refractivity contribution in [2.24, 2.45) is 5.92 Å². The van der Waals surface area contributed by atoms with E-state index < -0.39 is 17.6 Å². The summed E-state index contributed by atoms with van der Waals surface area (Å²) in [6.45, 7) is 2.64. The predicted molar refractivity (Wildman–Crippen MR) is 103 cm³/mol. The third-order valence-electron chi connectivity index (χ3n) is 5.23. The fraction of sp³-hybridized carbons (Fsp3) is 0.500. The Morgan fingerprint density at radius 2 is 1.97 bits per heavy atom. The largest absolute Gasteiger partial charge is 0.481 e. The Balaban J connectivity index is 1.57. The molecule has 1 aromatic carbocycles. The van der Waals surface area contributed by atoms with Crippen molar-refractivity contribution in [3.63, 3.8) is 0 Å². The summed E-state index contributed by atoms with van der Waals surface area (Å²) in [6.07, 6.45) is -1.28. The number of ether oxygens (including phenoxy) is 1. The maximum absolute atomic E-state index is 12.9. The second-order valence-corrected chi connectivity index (χ2v) is 7.80. The third-order valence-corrected chi connectivity index (χ3v) is 5.56. The number of aromatic nitrogens is 2. The molecule has 2 aromatic rings. The first-order valence-corrected chi connectivity index (χ1v) is 9.81. The molecule has 29 heavy (non-hydrogen) atoms. The van der Waals surface area contributed by atoms with Gasteiger partial charge in [0.1, 0.15) is 0 Å². The second kappa shape index (κ2) is 8.65. The minimum Gasteiger partial charge on any atom is -0.481 e. The van der Waals surface area contributed by atoms with Crippen LogP contribution in [0.5, 0.6) is 5.88 Å². The number of aryl methyl sites for hydroxylation is 1. The van der Waals surface area contributed by atoms with E-state index in [4.69, 9.17) is 16.3 Å². The van der Waals surface area contributed by atoms with Gasteiger partial charge in [0.25, 0.3) is 5.91 Å². The summed E-state index contributed by atoms with van der Waals surface area (Å²) in [5.41, 5.74) is -0.152. The molecule has 0 saturated heterocycles. The van der Waals surface area contributed by atoms with Crippen molar-refractivity contribution in [2.45, 2.75) is 51.4 Å². The molecule has 158 valence electrons. The second-order valence-electron chi connectivity index (χ2n) is 7.39. The lowest BCUT2D eigenvalue weighted by Crippen LogP contribution is -2.38. The van der Waals surface area contributed by atoms with Crippen LogP contribution in [0.3, 0.4) is 0 Å². The van der Waals surface area contributed by atoms with Crippen molar-refractivity contribution in [1.82, 2.24) is 15.1 Å². The molecule has 0 radical (unpaired) electrons. The Bertz CT molecular complexity index is 874. The van der Waals surface area contributed by atoms with Crippen LogP contribution in [-0.2, 0) is 12.7 Å². The van der Waals surface area contributed by atoms with Gasteiger partial charge < -0.3 is 10.1 Å². The fourth-order valence-corrected chi connectivity index (χ4v) is 3.89. The molecule has 1 N–H and O–H groups in total. The average molecular weight is 430 g/mol. The van der Waals surface area contributed by atoms with Gasteiger partial charge in [0.15, 0.2) is 0 Å². The van der Waals surface area contributed by atoms with Gasteiger partial charge in [-0.3, -0.25) is 4.79 Å². The first-order chi connectivity index (χ1) is 13.7. The van der Waals surface area contributed by atoms with Gasteiger partial charge in [0, 0.05) is 18.7 Å². The van der Waals surface area contributed by atoms with Crippen LogP contribution >= 0.6 is 11.6 Å². The van der Waals surface area contributed by atoms with Gasteiger partial charge in [-0.05, 0) is 56.7 Å². The monoisotopic (exact) mass is 429 g/mol. The SMILES string of the molecule is COc1cc(C)nn1C[C@H]1CC[C@H](NC(=O)c2cc(C(F)(F)F)ccc2Cl)CC1. The summed E-state index contributed by atoms with van der Waals surface area (Å²) in [6, 6.07) is 4.57. The van der Waals surface area contributed by atoms with Crippen LogP contribution in [0.2, 0.25) is 5.02 Å². The number of amides is 1. The number of hydrogen-bond donors (Lipinski definition) is 1. The molecule has 0 bridgehead atoms. The molecule has 0 unspecified atom stereocenters. The Hall–Kier alpha value is -2.22. The van der Waals surface area contributed by atoms with E-state index in [1.807, 2.05) is 17.7 Å². The first kappa shape index (κ1) is 21.5. The van der Waals surface area contributed by atoms with Crippen LogP contribution in [0.1, 0.15) is 47.3 Å². The molecule has 0 atom stereocenters. The summed E-state index contributed by atoms with van der Waals surface area (Å²) in [7, 11) is 1.61. The van der Waals surface area contributed by atoms with Crippen LogP contribution in [0.25, 0.3) is 0 Å². The van der Waals surface area contributed by atoms with Crippen molar-refractivity contribution in [2.75, 3.05) is 7.11 Å². The van der Waals surface area contributed by atoms with Gasteiger partial charge in [0.05, 0.1) is 29.0 Å². The van der Waals surface area contributed by atoms with E-state index >= 15 is 0 Å². The molecule has 1 heterocycles. The number of nitrogens with one attached hydrogen (secondary N) is 1. The van der Waals surface area contributed by atoms with Gasteiger partial charge in [-0.15, -0.1) is 0 Å². The predicted octanol–water partition coefficient (Wildman–Crippen LogP) is 4.86. The van der Waals surface area contributed by atoms with Crippen LogP contribution in [-0.4, -0.2) is 28.8 Å². The number of carbonyl (C=O) groups excluding carboxylic acids is 1. The zero-order chi connectivity index (χ0) is 21.2. The third kappa shape index (κ3) is 5.23. The van der Waals surface area contributed by atoms with Crippen molar-refractivity contribution >= 4 is 17.5 Å². The number of halogens is 4. The van der Waals surface area contributed by atoms with Gasteiger partial charge in [-0.25, -0.2) is 4.68 Å². The topological polar surface area (TPSA) is 56.1 Å². The van der Waals surface area contributed by atoms with E-state index in [1.54, 1.807) is 7.11 Å². The number of rotatable bonds is 5. The average Bonchev–Trinajstić information content (AvgIpc) is 3.02. The van der Waals surface area contributed by atoms with Crippen molar-refractivity contribution in [1.29, 1.82) is 0 Å². The number of hydrogen-bond acceptors (Lipinski definition) is 3. The molecule has 1 fully saturated rings. The summed E-state index contributed by atoms with van der Waals surface area (Å²) >= 11 is 5.95. The summed E-state index contributed by atoms with van der Waals surface area (Å²) in [4.78, 5) is 12.5. The maximum atomic E-state index is 12.9. The van der Waals surface area contributed by atoms with Crippen molar-refractivity contribution in [3.8, 4) is 5.88 Å². The first-order valence-electron chi connectivity index (χ1n) is 9.43. The lowest BCUT2D eigenvalue weighted by molar-refractivity contribution is -0.137. The number of carbonyl (C=O) groups is 1. The molecular weight excluding hydrogens is 407 g/mol. The number of benzene rings is 1. The standard InChI is InChI=1S/C20H23ClF3N3O2/c1-12-9-18(29-2)27(26-12)11-13-3-6-15(7-4-13)25-19(28)16-10-14(20(22,23)24)5-8-17(16)21/h5,8-10,13,15H,3-4,6-7,11H2,1-2H3,(H,25,28)/t13-,15-. The van der Waals surface area contributed by atoms with Gasteiger partial charge >= 0.3 is 6.18 Å². The zero-order valence-corrected chi connectivity index (χ0v) is 17.0. The quantitative estimate of drug-likeness (QED) is 0.738. The molecule has 1 amide bonds. The van der Waals surface area contributed by atoms with Crippen LogP contribution in [0, 0.1) is 12.8 Å². The van der Waals surface area contributed by atoms with E-state index in [9.17, 15) is 18.0 Å². The summed E-state index contributed by atoms with van der Waals surface area (Å²) in [5.74, 6) is 0.541. The van der Waals surface area contributed by atoms with E-state index in [1.165, 1.54) is 0 Å². The molecule has 5 nitrogen and oxygen atoms in total. The van der Waals surface area contributed by atoms with E-state index in [0.29, 0.717) is 5.92 Å². The summed E-state index contributed by atoms with van der Waals surface area (Å²) < 4.78 is 45.9. The van der Waals surface area contributed by atoms with Crippen LogP contribution in [0.15, 0.2) is 24.3 Å². The highest BCUT2D eigenvalue weighted by Crippen LogP contribution is 2.32. The number of methoxy groups -OCH3 is 1. The smallest absolute Gasteiger partial charge is 0.416 e. The molecule has 1 aliphatic rings. The highest BCUT2D eigenvalue weighted by atomic mass is 35.5. The number of nitrogens with zero attached hydrogens (tertiary/aromatic N) is 2. The van der Waals surface area contributed by atoms with Crippen LogP contribution < -0.4 is 10.1 Å². The van der Waals surface area contributed by atoms with E-state index in [-0.39, 0.29) is 16.6 Å². The Morgan fingerprint density at radius 1 is 1.28 bits per heavy atom. The van der Waals surface area contributed by atoms with Crippen molar-refractivity contribution in [3.05, 3.63) is 46.1 Å². The van der Waals surface area contributed by atoms with Gasteiger partial charge in [0.2, 0.25) is 5.88 Å². The highest BCUT2D eigenvalue weighted by molar-refractivity contribution is 6.33. The number of alkyl halides is 3. The minimum absolute atomic E-state index is 0.00494. The lowest BCUT2D eigenvalue weighted by atomic mass is 9.86. The molecular formula is C20H23ClF3N3O2. The zero-order valence-electron chi connectivity index (χ0n) is 16.2. The maximum Gasteiger partial charge on any atom is 0.416 e. The molecule has 1 aromatic heterocycles. The molecule has 0 aliphatic heterocycles. The molecule has 1 saturated carbocycles. The summed E-state index contributed by atoms with van der Waals surface area (Å²) in [5, 5.41) is 7.27. The Labute approximate surface area is 172 Å². The molecule has 9 heteroatoms. The van der Waals surface area contributed by atoms with E-state index in [2.05, 4.69) is 10.4 Å². The normalized spacial score (nSPS) is 19.8. The van der Waals surface area contributed by atoms with Crippen molar-refractivity contribution < 1.29 is 22.7 Å². The van der Waals surface area contributed by atoms with E-state index in [0.717, 1.165) is 62.0 Å². The molecule has 3 rings (SSSR count). The van der Waals surface area contributed by atoms with Gasteiger partial charge in [-0.2, -0.15) is 18.3 Å². The van der Waals surface area contributed by atoms with Crippen LogP contribution in [0.4, 0.5) is 13.2 Å². The molecule has 1 aliphatic carbocycles. The molecule has 0 spiro atoms. The minimum atomic E-state index is -4.52.